The predicted molar refractivity (Wildman–Crippen MR) is 323 cm³/mol. The number of aryl methyl sites for hydroxylation is 10. The standard InChI is InChI=1S/C35H42N4O3.C33H38N4O3/c1-9-39-31-12-11-29(25(8)34(31)36-37-39)30(18-32(40)42-10-2)26-16-22(5)28-13-14-38(19-27(28)17-26)35(41)33-23(6)20(3)15-21(4)24(33)7;1-8-37-29-10-9-27(23(7)32(29)34-35-37)28(16-30(38)39)24-14-20(4)26-11-12-36(17-25(26)15-24)33(40)31-21(5)18(2)13-19(3)22(31)6/h11-12,15-17,30H,9-10,13-14,18-19H2,1-8H3;9-10,13-15,28H,8,11-12,16-17H2,1-7H3,(H,38,39). The molecular formula is C68H80N8O6. The number of hydrogen-bond donors (Lipinski definition) is 1. The average Bonchev–Trinajstić information content (AvgIpc) is 4.11. The Labute approximate surface area is 482 Å². The summed E-state index contributed by atoms with van der Waals surface area (Å²) in [6.07, 6.45) is 1.79. The van der Waals surface area contributed by atoms with Gasteiger partial charge in [-0.2, -0.15) is 0 Å². The fraction of sp³-hybridized carbons (Fsp3) is 0.412. The molecule has 0 radical (unpaired) electrons. The number of ether oxygens (including phenoxy) is 1. The van der Waals surface area contributed by atoms with Crippen molar-refractivity contribution in [2.24, 2.45) is 0 Å². The summed E-state index contributed by atoms with van der Waals surface area (Å²) in [5.74, 6) is -1.47. The van der Waals surface area contributed by atoms with Crippen LogP contribution in [0.4, 0.5) is 0 Å². The Bertz CT molecular complexity index is 3810. The van der Waals surface area contributed by atoms with Gasteiger partial charge in [0.05, 0.1) is 30.5 Å². The molecule has 2 amide bonds. The van der Waals surface area contributed by atoms with E-state index in [1.54, 1.807) is 0 Å². The van der Waals surface area contributed by atoms with Crippen molar-refractivity contribution in [3.63, 3.8) is 0 Å². The van der Waals surface area contributed by atoms with Crippen molar-refractivity contribution in [3.8, 4) is 0 Å². The molecule has 0 fully saturated rings. The second-order valence-electron chi connectivity index (χ2n) is 23.0. The van der Waals surface area contributed by atoms with E-state index in [-0.39, 0.29) is 42.5 Å². The van der Waals surface area contributed by atoms with Gasteiger partial charge in [0.25, 0.3) is 11.8 Å². The fourth-order valence-corrected chi connectivity index (χ4v) is 13.0. The lowest BCUT2D eigenvalue weighted by Crippen LogP contribution is -2.37. The van der Waals surface area contributed by atoms with E-state index < -0.39 is 5.97 Å². The van der Waals surface area contributed by atoms with E-state index in [1.165, 1.54) is 16.7 Å². The molecule has 2 atom stereocenters. The van der Waals surface area contributed by atoms with Crippen molar-refractivity contribution >= 4 is 45.8 Å². The van der Waals surface area contributed by atoms with Crippen LogP contribution in [0.5, 0.6) is 0 Å². The van der Waals surface area contributed by atoms with Gasteiger partial charge in [-0.1, -0.05) is 59.0 Å². The molecule has 8 aromatic rings. The minimum Gasteiger partial charge on any atom is -0.481 e. The van der Waals surface area contributed by atoms with Crippen molar-refractivity contribution in [2.75, 3.05) is 19.7 Å². The predicted octanol–water partition coefficient (Wildman–Crippen LogP) is 12.7. The van der Waals surface area contributed by atoms with Crippen LogP contribution in [0.1, 0.15) is 177 Å². The molecule has 0 saturated heterocycles. The third-order valence-electron chi connectivity index (χ3n) is 18.1. The van der Waals surface area contributed by atoms with Crippen LogP contribution in [-0.4, -0.2) is 88.3 Å². The Kier molecular flexibility index (Phi) is 17.0. The molecule has 2 aliphatic rings. The molecule has 6 aromatic carbocycles. The Morgan fingerprint density at radius 1 is 0.512 bits per heavy atom. The van der Waals surface area contributed by atoms with Crippen molar-refractivity contribution < 1.29 is 29.0 Å². The largest absolute Gasteiger partial charge is 0.481 e. The smallest absolute Gasteiger partial charge is 0.306 e. The maximum absolute atomic E-state index is 13.9. The molecule has 4 heterocycles. The van der Waals surface area contributed by atoms with Crippen LogP contribution < -0.4 is 0 Å². The summed E-state index contributed by atoms with van der Waals surface area (Å²) in [6.45, 7) is 34.8. The Morgan fingerprint density at radius 3 is 1.27 bits per heavy atom. The zero-order chi connectivity index (χ0) is 59.2. The Hall–Kier alpha value is -8.00. The van der Waals surface area contributed by atoms with Gasteiger partial charge in [-0.3, -0.25) is 19.2 Å². The number of aromatic nitrogens is 6. The summed E-state index contributed by atoms with van der Waals surface area (Å²) >= 11 is 0. The number of fused-ring (bicyclic) bond motifs is 4. The lowest BCUT2D eigenvalue weighted by molar-refractivity contribution is -0.143. The summed E-state index contributed by atoms with van der Waals surface area (Å²) in [5, 5.41) is 27.4. The van der Waals surface area contributed by atoms with E-state index in [0.717, 1.165) is 147 Å². The van der Waals surface area contributed by atoms with Crippen LogP contribution in [0, 0.1) is 83.1 Å². The summed E-state index contributed by atoms with van der Waals surface area (Å²) in [7, 11) is 0. The van der Waals surface area contributed by atoms with Crippen LogP contribution in [-0.2, 0) is 53.3 Å². The molecule has 82 heavy (non-hydrogen) atoms. The van der Waals surface area contributed by atoms with Crippen LogP contribution in [0.25, 0.3) is 22.1 Å². The highest BCUT2D eigenvalue weighted by atomic mass is 16.5. The third kappa shape index (κ3) is 11.1. The number of hydrogen-bond acceptors (Lipinski definition) is 9. The van der Waals surface area contributed by atoms with E-state index >= 15 is 0 Å². The van der Waals surface area contributed by atoms with Gasteiger partial charge in [-0.15, -0.1) is 10.2 Å². The summed E-state index contributed by atoms with van der Waals surface area (Å²) in [6, 6.07) is 21.2. The first kappa shape index (κ1) is 58.6. The molecule has 0 aliphatic carbocycles. The zero-order valence-electron chi connectivity index (χ0n) is 50.8. The van der Waals surface area contributed by atoms with Gasteiger partial charge in [0.1, 0.15) is 11.0 Å². The monoisotopic (exact) mass is 1100 g/mol. The number of carbonyl (C=O) groups excluding carboxylic acids is 3. The van der Waals surface area contributed by atoms with Crippen molar-refractivity contribution in [3.05, 3.63) is 183 Å². The normalized spacial score (nSPS) is 13.8. The molecule has 10 rings (SSSR count). The van der Waals surface area contributed by atoms with E-state index in [0.29, 0.717) is 39.3 Å². The molecule has 14 nitrogen and oxygen atoms in total. The number of amides is 2. The Balaban J connectivity index is 0.000000198. The van der Waals surface area contributed by atoms with Crippen LogP contribution in [0.3, 0.4) is 0 Å². The van der Waals surface area contributed by atoms with Gasteiger partial charge in [-0.05, 0) is 240 Å². The van der Waals surface area contributed by atoms with Gasteiger partial charge in [-0.25, -0.2) is 9.36 Å². The molecule has 2 unspecified atom stereocenters. The molecule has 0 saturated carbocycles. The Morgan fingerprint density at radius 2 is 0.902 bits per heavy atom. The summed E-state index contributed by atoms with van der Waals surface area (Å²) in [5.41, 5.74) is 27.1. The second kappa shape index (κ2) is 23.8. The number of carboxylic acids is 1. The zero-order valence-corrected chi connectivity index (χ0v) is 50.8. The number of carboxylic acid groups (broad SMARTS) is 1. The highest BCUT2D eigenvalue weighted by molar-refractivity contribution is 5.99. The first-order valence-corrected chi connectivity index (χ1v) is 29.1. The number of carbonyl (C=O) groups is 4. The third-order valence-corrected chi connectivity index (χ3v) is 18.1. The summed E-state index contributed by atoms with van der Waals surface area (Å²) < 4.78 is 9.16. The first-order valence-electron chi connectivity index (χ1n) is 29.1. The topological polar surface area (TPSA) is 166 Å². The maximum Gasteiger partial charge on any atom is 0.306 e. The van der Waals surface area contributed by atoms with E-state index in [9.17, 15) is 24.3 Å². The highest BCUT2D eigenvalue weighted by Crippen LogP contribution is 2.39. The minimum atomic E-state index is -0.852. The molecule has 14 heteroatoms. The molecule has 0 spiro atoms. The summed E-state index contributed by atoms with van der Waals surface area (Å²) in [4.78, 5) is 56.7. The molecule has 2 aliphatic heterocycles. The van der Waals surface area contributed by atoms with Crippen molar-refractivity contribution in [1.82, 2.24) is 39.8 Å². The average molecular weight is 1110 g/mol. The van der Waals surface area contributed by atoms with Crippen molar-refractivity contribution in [2.45, 2.75) is 168 Å². The number of benzene rings is 6. The maximum atomic E-state index is 13.9. The number of rotatable bonds is 13. The highest BCUT2D eigenvalue weighted by Gasteiger charge is 2.32. The van der Waals surface area contributed by atoms with E-state index in [2.05, 4.69) is 118 Å². The molecule has 0 bridgehead atoms. The number of aliphatic carboxylic acids is 1. The van der Waals surface area contributed by atoms with E-state index in [4.69, 9.17) is 4.74 Å². The molecular weight excluding hydrogens is 1020 g/mol. The van der Waals surface area contributed by atoms with Crippen LogP contribution in [0.2, 0.25) is 0 Å². The lowest BCUT2D eigenvalue weighted by Gasteiger charge is -2.32. The van der Waals surface area contributed by atoms with Crippen molar-refractivity contribution in [1.29, 1.82) is 0 Å². The minimum absolute atomic E-state index is 0.0317. The number of nitrogens with zero attached hydrogens (tertiary/aromatic N) is 8. The van der Waals surface area contributed by atoms with Gasteiger partial charge in [0.2, 0.25) is 0 Å². The lowest BCUT2D eigenvalue weighted by atomic mass is 9.82. The van der Waals surface area contributed by atoms with Gasteiger partial charge in [0.15, 0.2) is 0 Å². The van der Waals surface area contributed by atoms with Gasteiger partial charge in [0, 0.05) is 62.2 Å². The quantitative estimate of drug-likeness (QED) is 0.110. The molecule has 1 N–H and O–H groups in total. The van der Waals surface area contributed by atoms with Crippen LogP contribution in [0.15, 0.2) is 60.7 Å². The van der Waals surface area contributed by atoms with Gasteiger partial charge < -0.3 is 19.6 Å². The molecule has 2 aromatic heterocycles. The van der Waals surface area contributed by atoms with Crippen LogP contribution >= 0.6 is 0 Å². The first-order chi connectivity index (χ1) is 39.1. The number of esters is 1. The van der Waals surface area contributed by atoms with Gasteiger partial charge >= 0.3 is 11.9 Å². The fourth-order valence-electron chi connectivity index (χ4n) is 13.0. The van der Waals surface area contributed by atoms with E-state index in [1.807, 2.05) is 86.7 Å². The second-order valence-corrected chi connectivity index (χ2v) is 23.0. The molecule has 428 valence electrons. The SMILES string of the molecule is CCOC(=O)CC(c1cc(C)c2c(c1)CN(C(=O)c1c(C)c(C)cc(C)c1C)CC2)c1ccc2c(nnn2CC)c1C.CCn1nnc2c(C)c(C(CC(=O)O)c3cc(C)c4c(c3)CN(C(=O)c3c(C)c(C)cc(C)c3C)CC4)ccc21.